The van der Waals surface area contributed by atoms with Gasteiger partial charge < -0.3 is 15.2 Å². The minimum Gasteiger partial charge on any atom is -0.480 e. The Labute approximate surface area is 95.8 Å². The number of piperazine rings is 1. The first kappa shape index (κ1) is 11.8. The molecule has 92 valence electrons. The molecule has 1 aliphatic heterocycles. The second-order valence-electron chi connectivity index (χ2n) is 4.50. The Hall–Kier alpha value is -0.650. The van der Waals surface area contributed by atoms with Crippen LogP contribution in [0, 0.1) is 0 Å². The van der Waals surface area contributed by atoms with Crippen molar-refractivity contribution in [3.8, 4) is 0 Å². The molecule has 0 bridgehead atoms. The first-order valence-electron chi connectivity index (χ1n) is 6.03. The van der Waals surface area contributed by atoms with Crippen molar-refractivity contribution in [2.75, 3.05) is 26.2 Å². The van der Waals surface area contributed by atoms with Gasteiger partial charge in [0.15, 0.2) is 0 Å². The monoisotopic (exact) mass is 228 g/mol. The van der Waals surface area contributed by atoms with Gasteiger partial charge in [0.1, 0.15) is 6.04 Å². The zero-order valence-corrected chi connectivity index (χ0v) is 9.69. The molecule has 2 rings (SSSR count). The second kappa shape index (κ2) is 5.12. The van der Waals surface area contributed by atoms with E-state index in [9.17, 15) is 4.79 Å². The topological polar surface area (TPSA) is 61.8 Å². The van der Waals surface area contributed by atoms with Gasteiger partial charge in [-0.05, 0) is 19.8 Å². The molecule has 1 heterocycles. The summed E-state index contributed by atoms with van der Waals surface area (Å²) < 4.78 is 5.50. The number of carboxylic acids is 1. The summed E-state index contributed by atoms with van der Waals surface area (Å²) in [6.07, 6.45) is 2.31. The van der Waals surface area contributed by atoms with E-state index in [-0.39, 0.29) is 6.04 Å². The van der Waals surface area contributed by atoms with Crippen LogP contribution in [0.3, 0.4) is 0 Å². The van der Waals surface area contributed by atoms with Crippen LogP contribution in [0.25, 0.3) is 0 Å². The van der Waals surface area contributed by atoms with Crippen LogP contribution in [0.4, 0.5) is 0 Å². The molecule has 1 saturated heterocycles. The number of hydrogen-bond acceptors (Lipinski definition) is 4. The molecule has 0 aromatic carbocycles. The highest BCUT2D eigenvalue weighted by Gasteiger charge is 2.40. The lowest BCUT2D eigenvalue weighted by Gasteiger charge is -2.46. The lowest BCUT2D eigenvalue weighted by Crippen LogP contribution is -2.62. The third kappa shape index (κ3) is 2.36. The molecule has 5 nitrogen and oxygen atoms in total. The van der Waals surface area contributed by atoms with Gasteiger partial charge in [-0.1, -0.05) is 0 Å². The molecule has 1 unspecified atom stereocenters. The maximum absolute atomic E-state index is 11.1. The zero-order valence-electron chi connectivity index (χ0n) is 9.69. The largest absolute Gasteiger partial charge is 0.480 e. The quantitative estimate of drug-likeness (QED) is 0.704. The molecule has 0 aromatic rings. The number of hydrogen-bond donors (Lipinski definition) is 2. The van der Waals surface area contributed by atoms with Crippen LogP contribution in [-0.4, -0.2) is 60.4 Å². The van der Waals surface area contributed by atoms with E-state index in [1.165, 1.54) is 0 Å². The summed E-state index contributed by atoms with van der Waals surface area (Å²) in [5.74, 6) is -0.716. The SMILES string of the molecule is CCOC1CC(N2CCNCC2C(=O)O)C1. The fourth-order valence-electron chi connectivity index (χ4n) is 2.57. The lowest BCUT2D eigenvalue weighted by atomic mass is 9.86. The first-order valence-corrected chi connectivity index (χ1v) is 6.03. The highest BCUT2D eigenvalue weighted by molar-refractivity contribution is 5.74. The minimum absolute atomic E-state index is 0.347. The van der Waals surface area contributed by atoms with Crippen LogP contribution in [0.15, 0.2) is 0 Å². The molecule has 0 aromatic heterocycles. The number of carboxylic acid groups (broad SMARTS) is 1. The first-order chi connectivity index (χ1) is 7.72. The number of rotatable bonds is 4. The zero-order chi connectivity index (χ0) is 11.5. The fraction of sp³-hybridized carbons (Fsp3) is 0.909. The third-order valence-electron chi connectivity index (χ3n) is 3.51. The van der Waals surface area contributed by atoms with Gasteiger partial charge in [0.2, 0.25) is 0 Å². The van der Waals surface area contributed by atoms with E-state index in [0.717, 1.165) is 32.5 Å². The van der Waals surface area contributed by atoms with E-state index in [0.29, 0.717) is 18.7 Å². The number of nitrogens with zero attached hydrogens (tertiary/aromatic N) is 1. The molecule has 2 aliphatic rings. The average Bonchev–Trinajstić information content (AvgIpc) is 2.23. The predicted molar refractivity (Wildman–Crippen MR) is 59.4 cm³/mol. The summed E-state index contributed by atoms with van der Waals surface area (Å²) in [4.78, 5) is 13.2. The minimum atomic E-state index is -0.716. The van der Waals surface area contributed by atoms with Gasteiger partial charge in [-0.25, -0.2) is 0 Å². The summed E-state index contributed by atoms with van der Waals surface area (Å²) in [6.45, 7) is 5.03. The Morgan fingerprint density at radius 1 is 1.56 bits per heavy atom. The average molecular weight is 228 g/mol. The van der Waals surface area contributed by atoms with Gasteiger partial charge in [0.05, 0.1) is 6.10 Å². The van der Waals surface area contributed by atoms with Crippen molar-refractivity contribution in [1.29, 1.82) is 0 Å². The lowest BCUT2D eigenvalue weighted by molar-refractivity contribution is -0.148. The van der Waals surface area contributed by atoms with Crippen LogP contribution in [0.2, 0.25) is 0 Å². The summed E-state index contributed by atoms with van der Waals surface area (Å²) in [5.41, 5.74) is 0. The van der Waals surface area contributed by atoms with Gasteiger partial charge in [-0.15, -0.1) is 0 Å². The molecular formula is C11H20N2O3. The van der Waals surface area contributed by atoms with Gasteiger partial charge in [0, 0.05) is 32.3 Å². The molecule has 2 fully saturated rings. The number of aliphatic carboxylic acids is 1. The maximum atomic E-state index is 11.1. The normalized spacial score (nSPS) is 35.7. The number of ether oxygens (including phenoxy) is 1. The summed E-state index contributed by atoms with van der Waals surface area (Å²) >= 11 is 0. The van der Waals surface area contributed by atoms with Crippen LogP contribution in [0.1, 0.15) is 19.8 Å². The van der Waals surface area contributed by atoms with Crippen molar-refractivity contribution in [3.63, 3.8) is 0 Å². The Morgan fingerprint density at radius 2 is 2.31 bits per heavy atom. The standard InChI is InChI=1S/C11H20N2O3/c1-2-16-9-5-8(6-9)13-4-3-12-7-10(13)11(14)15/h8-10,12H,2-7H2,1H3,(H,14,15). The number of nitrogens with one attached hydrogen (secondary N) is 1. The Kier molecular flexibility index (Phi) is 3.78. The van der Waals surface area contributed by atoms with E-state index in [4.69, 9.17) is 9.84 Å². The molecule has 1 aliphatic carbocycles. The molecule has 0 amide bonds. The van der Waals surface area contributed by atoms with Crippen molar-refractivity contribution < 1.29 is 14.6 Å². The highest BCUT2D eigenvalue weighted by atomic mass is 16.5. The van der Waals surface area contributed by atoms with E-state index < -0.39 is 5.97 Å². The van der Waals surface area contributed by atoms with Crippen LogP contribution in [0.5, 0.6) is 0 Å². The van der Waals surface area contributed by atoms with Crippen molar-refractivity contribution in [1.82, 2.24) is 10.2 Å². The predicted octanol–water partition coefficient (Wildman–Crippen LogP) is -0.0877. The molecule has 0 spiro atoms. The summed E-state index contributed by atoms with van der Waals surface area (Å²) in [6, 6.07) is 0.0427. The van der Waals surface area contributed by atoms with Crippen LogP contribution >= 0.6 is 0 Å². The molecule has 16 heavy (non-hydrogen) atoms. The van der Waals surface area contributed by atoms with Crippen molar-refractivity contribution in [2.24, 2.45) is 0 Å². The van der Waals surface area contributed by atoms with E-state index in [1.807, 2.05) is 6.92 Å². The van der Waals surface area contributed by atoms with E-state index in [2.05, 4.69) is 10.2 Å². The molecule has 1 saturated carbocycles. The second-order valence-corrected chi connectivity index (χ2v) is 4.50. The summed E-state index contributed by atoms with van der Waals surface area (Å²) in [5, 5.41) is 12.3. The Bertz CT molecular complexity index is 254. The molecule has 2 N–H and O–H groups in total. The molecule has 0 radical (unpaired) electrons. The van der Waals surface area contributed by atoms with Crippen molar-refractivity contribution in [2.45, 2.75) is 38.0 Å². The van der Waals surface area contributed by atoms with Gasteiger partial charge >= 0.3 is 5.97 Å². The fourth-order valence-corrected chi connectivity index (χ4v) is 2.57. The van der Waals surface area contributed by atoms with Gasteiger partial charge in [0.25, 0.3) is 0 Å². The Balaban J connectivity index is 1.86. The summed E-state index contributed by atoms with van der Waals surface area (Å²) in [7, 11) is 0. The molecule has 1 atom stereocenters. The van der Waals surface area contributed by atoms with Gasteiger partial charge in [-0.2, -0.15) is 0 Å². The smallest absolute Gasteiger partial charge is 0.322 e. The molecular weight excluding hydrogens is 208 g/mol. The maximum Gasteiger partial charge on any atom is 0.322 e. The molecule has 5 heteroatoms. The van der Waals surface area contributed by atoms with E-state index in [1.54, 1.807) is 0 Å². The van der Waals surface area contributed by atoms with E-state index >= 15 is 0 Å². The highest BCUT2D eigenvalue weighted by Crippen LogP contribution is 2.30. The van der Waals surface area contributed by atoms with Crippen molar-refractivity contribution >= 4 is 5.97 Å². The third-order valence-corrected chi connectivity index (χ3v) is 3.51. The van der Waals surface area contributed by atoms with Crippen LogP contribution < -0.4 is 5.32 Å². The van der Waals surface area contributed by atoms with Gasteiger partial charge in [-0.3, -0.25) is 9.69 Å². The number of carbonyl (C=O) groups is 1. The van der Waals surface area contributed by atoms with Crippen molar-refractivity contribution in [3.05, 3.63) is 0 Å². The Morgan fingerprint density at radius 3 is 2.94 bits per heavy atom. The van der Waals surface area contributed by atoms with Crippen LogP contribution in [-0.2, 0) is 9.53 Å².